The number of hydrogen-bond donors (Lipinski definition) is 1. The number of nitrogens with zero attached hydrogens (tertiary/aromatic N) is 3. The number of nitrogens with two attached hydrogens (primary N) is 1. The fourth-order valence-electron chi connectivity index (χ4n) is 1.91. The Hall–Kier alpha value is -2.63. The van der Waals surface area contributed by atoms with Crippen LogP contribution in [0.15, 0.2) is 33.8 Å². The first-order valence-corrected chi connectivity index (χ1v) is 6.48. The molecule has 21 heavy (non-hydrogen) atoms. The van der Waals surface area contributed by atoms with E-state index in [1.807, 2.05) is 24.9 Å². The molecule has 0 saturated heterocycles. The quantitative estimate of drug-likeness (QED) is 0.405. The maximum atomic E-state index is 12.3. The van der Waals surface area contributed by atoms with Gasteiger partial charge in [0.2, 0.25) is 5.78 Å². The van der Waals surface area contributed by atoms with Gasteiger partial charge in [-0.2, -0.15) is 0 Å². The lowest BCUT2D eigenvalue weighted by atomic mass is 10.1. The van der Waals surface area contributed by atoms with Crippen molar-refractivity contribution in [2.75, 3.05) is 24.7 Å². The highest BCUT2D eigenvalue weighted by Gasteiger charge is 2.17. The molecule has 0 amide bonds. The number of anilines is 2. The molecule has 0 radical (unpaired) electrons. The summed E-state index contributed by atoms with van der Waals surface area (Å²) in [5, 5.41) is 3.72. The van der Waals surface area contributed by atoms with E-state index in [4.69, 9.17) is 10.3 Å². The minimum atomic E-state index is -0.251. The molecule has 1 aromatic carbocycles. The summed E-state index contributed by atoms with van der Waals surface area (Å²) in [5.74, 6) is 1.18. The third-order valence-electron chi connectivity index (χ3n) is 3.34. The van der Waals surface area contributed by atoms with Gasteiger partial charge < -0.3 is 15.2 Å². The van der Waals surface area contributed by atoms with Crippen molar-refractivity contribution in [3.05, 3.63) is 41.3 Å². The number of aliphatic imine (C=N–C) groups is 1. The second kappa shape index (κ2) is 5.78. The molecule has 0 fully saturated rings. The molecule has 0 spiro atoms. The molecule has 0 aliphatic carbocycles. The lowest BCUT2D eigenvalue weighted by Crippen LogP contribution is -2.23. The van der Waals surface area contributed by atoms with Gasteiger partial charge in [-0.1, -0.05) is 5.16 Å². The summed E-state index contributed by atoms with van der Waals surface area (Å²) in [7, 11) is 3.61. The molecule has 2 N–H and O–H groups in total. The molecular formula is C15H18N4O2. The predicted octanol–water partition coefficient (Wildman–Crippen LogP) is 2.28. The Morgan fingerprint density at radius 3 is 2.62 bits per heavy atom. The van der Waals surface area contributed by atoms with Crippen LogP contribution in [0.4, 0.5) is 11.4 Å². The first-order chi connectivity index (χ1) is 9.93. The van der Waals surface area contributed by atoms with Crippen LogP contribution >= 0.6 is 0 Å². The van der Waals surface area contributed by atoms with Crippen LogP contribution in [0.3, 0.4) is 0 Å². The highest BCUT2D eigenvalue weighted by molar-refractivity contribution is 6.11. The summed E-state index contributed by atoms with van der Waals surface area (Å²) in [4.78, 5) is 18.3. The molecule has 6 heteroatoms. The van der Waals surface area contributed by atoms with E-state index in [2.05, 4.69) is 10.1 Å². The van der Waals surface area contributed by atoms with Crippen molar-refractivity contribution >= 4 is 23.0 Å². The van der Waals surface area contributed by atoms with Crippen molar-refractivity contribution in [2.45, 2.75) is 13.8 Å². The Morgan fingerprint density at radius 2 is 2.10 bits per heavy atom. The summed E-state index contributed by atoms with van der Waals surface area (Å²) in [5.41, 5.74) is 7.93. The predicted molar refractivity (Wildman–Crippen MR) is 83.0 cm³/mol. The number of aromatic nitrogens is 1. The molecule has 2 aromatic rings. The number of rotatable bonds is 3. The lowest BCUT2D eigenvalue weighted by molar-refractivity contribution is 0.103. The second-order valence-electron chi connectivity index (χ2n) is 4.75. The third kappa shape index (κ3) is 2.94. The van der Waals surface area contributed by atoms with Crippen molar-refractivity contribution in [1.82, 2.24) is 5.16 Å². The fraction of sp³-hybridized carbons (Fsp3) is 0.267. The highest BCUT2D eigenvalue weighted by Crippen LogP contribution is 2.23. The SMILES string of the molecule is CN=C(C)N(C)c1ccc(C(=O)c2cc(C)on2)c(N)c1. The van der Waals surface area contributed by atoms with Crippen molar-refractivity contribution in [2.24, 2.45) is 4.99 Å². The van der Waals surface area contributed by atoms with Gasteiger partial charge in [0.1, 0.15) is 5.76 Å². The number of benzene rings is 1. The summed E-state index contributed by atoms with van der Waals surface area (Å²) in [6.45, 7) is 3.63. The zero-order valence-corrected chi connectivity index (χ0v) is 12.5. The summed E-state index contributed by atoms with van der Waals surface area (Å²) < 4.78 is 4.92. The van der Waals surface area contributed by atoms with Crippen molar-refractivity contribution in [1.29, 1.82) is 0 Å². The Morgan fingerprint density at radius 1 is 1.38 bits per heavy atom. The van der Waals surface area contributed by atoms with Crippen molar-refractivity contribution < 1.29 is 9.32 Å². The number of ketones is 1. The van der Waals surface area contributed by atoms with Crippen LogP contribution in [0.2, 0.25) is 0 Å². The first-order valence-electron chi connectivity index (χ1n) is 6.48. The maximum Gasteiger partial charge on any atom is 0.216 e. The Labute approximate surface area is 123 Å². The molecule has 1 heterocycles. The van der Waals surface area contributed by atoms with Crippen LogP contribution in [0.25, 0.3) is 0 Å². The number of carbonyl (C=O) groups excluding carboxylic acids is 1. The third-order valence-corrected chi connectivity index (χ3v) is 3.34. The van der Waals surface area contributed by atoms with Gasteiger partial charge in [0.25, 0.3) is 0 Å². The largest absolute Gasteiger partial charge is 0.398 e. The Bertz CT molecular complexity index is 703. The molecule has 6 nitrogen and oxygen atoms in total. The number of carbonyl (C=O) groups is 1. The molecule has 0 bridgehead atoms. The van der Waals surface area contributed by atoms with E-state index in [-0.39, 0.29) is 11.5 Å². The van der Waals surface area contributed by atoms with Crippen LogP contribution in [0.5, 0.6) is 0 Å². The van der Waals surface area contributed by atoms with Gasteiger partial charge in [-0.15, -0.1) is 0 Å². The molecule has 110 valence electrons. The minimum Gasteiger partial charge on any atom is -0.398 e. The van der Waals surface area contributed by atoms with Gasteiger partial charge in [0.05, 0.1) is 5.84 Å². The normalized spacial score (nSPS) is 11.5. The molecule has 0 unspecified atom stereocenters. The standard InChI is InChI=1S/C15H18N4O2/c1-9-7-14(18-21-9)15(20)12-6-5-11(8-13(12)16)19(4)10(2)17-3/h5-8H,16H2,1-4H3. The number of nitrogen functional groups attached to an aromatic ring is 1. The maximum absolute atomic E-state index is 12.3. The van der Waals surface area contributed by atoms with E-state index in [1.165, 1.54) is 0 Å². The van der Waals surface area contributed by atoms with Crippen LogP contribution in [-0.4, -0.2) is 30.9 Å². The number of aryl methyl sites for hydroxylation is 1. The van der Waals surface area contributed by atoms with Crippen molar-refractivity contribution in [3.63, 3.8) is 0 Å². The second-order valence-corrected chi connectivity index (χ2v) is 4.75. The van der Waals surface area contributed by atoms with E-state index in [0.717, 1.165) is 11.5 Å². The average Bonchev–Trinajstić information content (AvgIpc) is 2.91. The summed E-state index contributed by atoms with van der Waals surface area (Å²) >= 11 is 0. The van der Waals surface area contributed by atoms with E-state index >= 15 is 0 Å². The first kappa shape index (κ1) is 14.8. The van der Waals surface area contributed by atoms with E-state index in [9.17, 15) is 4.79 Å². The molecule has 2 rings (SSSR count). The number of amidine groups is 1. The lowest BCUT2D eigenvalue weighted by Gasteiger charge is -2.19. The number of hydrogen-bond acceptors (Lipinski definition) is 5. The van der Waals surface area contributed by atoms with Gasteiger partial charge in [-0.05, 0) is 32.0 Å². The van der Waals surface area contributed by atoms with Gasteiger partial charge >= 0.3 is 0 Å². The van der Waals surface area contributed by atoms with Crippen LogP contribution in [0.1, 0.15) is 28.7 Å². The Kier molecular flexibility index (Phi) is 4.07. The summed E-state index contributed by atoms with van der Waals surface area (Å²) in [6.07, 6.45) is 0. The smallest absolute Gasteiger partial charge is 0.216 e. The Balaban J connectivity index is 2.34. The van der Waals surface area contributed by atoms with Gasteiger partial charge in [0.15, 0.2) is 5.69 Å². The molecule has 0 atom stereocenters. The van der Waals surface area contributed by atoms with Gasteiger partial charge in [-0.25, -0.2) is 0 Å². The fourth-order valence-corrected chi connectivity index (χ4v) is 1.91. The monoisotopic (exact) mass is 286 g/mol. The molecule has 0 aliphatic heterocycles. The van der Waals surface area contributed by atoms with Crippen LogP contribution in [-0.2, 0) is 0 Å². The topological polar surface area (TPSA) is 84.7 Å². The van der Waals surface area contributed by atoms with Gasteiger partial charge in [0, 0.05) is 37.1 Å². The average molecular weight is 286 g/mol. The van der Waals surface area contributed by atoms with E-state index < -0.39 is 0 Å². The van der Waals surface area contributed by atoms with Crippen LogP contribution < -0.4 is 10.6 Å². The van der Waals surface area contributed by atoms with Crippen LogP contribution in [0, 0.1) is 6.92 Å². The molecule has 1 aromatic heterocycles. The molecule has 0 aliphatic rings. The molecule has 0 saturated carbocycles. The highest BCUT2D eigenvalue weighted by atomic mass is 16.5. The van der Waals surface area contributed by atoms with Crippen molar-refractivity contribution in [3.8, 4) is 0 Å². The minimum absolute atomic E-state index is 0.251. The van der Waals surface area contributed by atoms with E-state index in [1.54, 1.807) is 32.2 Å². The van der Waals surface area contributed by atoms with Gasteiger partial charge in [-0.3, -0.25) is 9.79 Å². The molecular weight excluding hydrogens is 268 g/mol. The summed E-state index contributed by atoms with van der Waals surface area (Å²) in [6, 6.07) is 6.85. The van der Waals surface area contributed by atoms with E-state index in [0.29, 0.717) is 17.0 Å². The zero-order chi connectivity index (χ0) is 15.6. The zero-order valence-electron chi connectivity index (χ0n) is 12.5.